The highest BCUT2D eigenvalue weighted by molar-refractivity contribution is 7.99. The first kappa shape index (κ1) is 18.0. The summed E-state index contributed by atoms with van der Waals surface area (Å²) >= 11 is 1.55. The Labute approximate surface area is 156 Å². The van der Waals surface area contributed by atoms with E-state index in [1.807, 2.05) is 54.6 Å². The Morgan fingerprint density at radius 2 is 1.92 bits per heavy atom. The van der Waals surface area contributed by atoms with Crippen LogP contribution in [0.5, 0.6) is 5.75 Å². The molecule has 0 fully saturated rings. The zero-order chi connectivity index (χ0) is 18.2. The minimum Gasteiger partial charge on any atom is -0.497 e. The summed E-state index contributed by atoms with van der Waals surface area (Å²) in [6.07, 6.45) is 0. The molecule has 26 heavy (non-hydrogen) atoms. The maximum absolute atomic E-state index is 11.9. The van der Waals surface area contributed by atoms with Gasteiger partial charge in [0.15, 0.2) is 0 Å². The van der Waals surface area contributed by atoms with Crippen molar-refractivity contribution in [3.05, 3.63) is 66.1 Å². The highest BCUT2D eigenvalue weighted by Crippen LogP contribution is 2.17. The van der Waals surface area contributed by atoms with Gasteiger partial charge in [-0.15, -0.1) is 11.8 Å². The summed E-state index contributed by atoms with van der Waals surface area (Å²) in [4.78, 5) is 16.2. The minimum absolute atomic E-state index is 0.0667. The van der Waals surface area contributed by atoms with Gasteiger partial charge in [0.1, 0.15) is 5.75 Å². The first-order valence-corrected chi connectivity index (χ1v) is 9.25. The van der Waals surface area contributed by atoms with E-state index in [1.165, 1.54) is 0 Å². The number of hydrogen-bond acceptors (Lipinski definition) is 6. The summed E-state index contributed by atoms with van der Waals surface area (Å²) in [5.41, 5.74) is 2.02. The molecular formula is C19H19N3O3S. The highest BCUT2D eigenvalue weighted by atomic mass is 32.2. The van der Waals surface area contributed by atoms with Crippen LogP contribution in [0.2, 0.25) is 0 Å². The standard InChI is InChI=1S/C19H19N3O3S/c1-24-16-9-7-14(8-10-16)12-26-13-17(23)20-11-18-21-19(22-25-18)15-5-3-2-4-6-15/h2-10H,11-13H2,1H3,(H,20,23). The lowest BCUT2D eigenvalue weighted by molar-refractivity contribution is -0.118. The molecule has 2 aromatic carbocycles. The molecule has 1 amide bonds. The molecule has 0 bridgehead atoms. The molecule has 0 radical (unpaired) electrons. The summed E-state index contributed by atoms with van der Waals surface area (Å²) in [5.74, 6) is 2.79. The third kappa shape index (κ3) is 5.10. The van der Waals surface area contributed by atoms with Gasteiger partial charge in [-0.25, -0.2) is 0 Å². The van der Waals surface area contributed by atoms with E-state index in [2.05, 4.69) is 15.5 Å². The number of carbonyl (C=O) groups is 1. The molecular weight excluding hydrogens is 350 g/mol. The Hall–Kier alpha value is -2.80. The van der Waals surface area contributed by atoms with E-state index in [0.29, 0.717) is 17.5 Å². The maximum Gasteiger partial charge on any atom is 0.246 e. The number of hydrogen-bond donors (Lipinski definition) is 1. The Balaban J connectivity index is 1.40. The normalized spacial score (nSPS) is 10.5. The first-order valence-electron chi connectivity index (χ1n) is 8.10. The molecule has 0 aliphatic heterocycles. The number of benzene rings is 2. The average molecular weight is 369 g/mol. The number of aromatic nitrogens is 2. The maximum atomic E-state index is 11.9. The van der Waals surface area contributed by atoms with Crippen molar-refractivity contribution in [2.75, 3.05) is 12.9 Å². The third-order valence-corrected chi connectivity index (χ3v) is 4.60. The van der Waals surface area contributed by atoms with Gasteiger partial charge in [-0.05, 0) is 17.7 Å². The van der Waals surface area contributed by atoms with Gasteiger partial charge in [0.25, 0.3) is 0 Å². The summed E-state index contributed by atoms with van der Waals surface area (Å²) in [5, 5.41) is 6.72. The monoisotopic (exact) mass is 369 g/mol. The fourth-order valence-electron chi connectivity index (χ4n) is 2.24. The minimum atomic E-state index is -0.0667. The Kier molecular flexibility index (Phi) is 6.27. The second-order valence-electron chi connectivity index (χ2n) is 5.50. The fraction of sp³-hybridized carbons (Fsp3) is 0.211. The lowest BCUT2D eigenvalue weighted by Crippen LogP contribution is -2.24. The molecule has 1 N–H and O–H groups in total. The van der Waals surface area contributed by atoms with E-state index in [1.54, 1.807) is 18.9 Å². The van der Waals surface area contributed by atoms with Crippen LogP contribution < -0.4 is 10.1 Å². The van der Waals surface area contributed by atoms with Gasteiger partial charge in [-0.3, -0.25) is 4.79 Å². The van der Waals surface area contributed by atoms with E-state index in [9.17, 15) is 4.79 Å². The Bertz CT molecular complexity index is 835. The first-order chi connectivity index (χ1) is 12.7. The van der Waals surface area contributed by atoms with Gasteiger partial charge in [0.05, 0.1) is 19.4 Å². The van der Waals surface area contributed by atoms with Crippen LogP contribution in [0.25, 0.3) is 11.4 Å². The Morgan fingerprint density at radius 1 is 1.15 bits per heavy atom. The molecule has 0 aliphatic rings. The lowest BCUT2D eigenvalue weighted by atomic mass is 10.2. The molecule has 0 spiro atoms. The lowest BCUT2D eigenvalue weighted by Gasteiger charge is -2.04. The van der Waals surface area contributed by atoms with Crippen LogP contribution in [-0.2, 0) is 17.1 Å². The van der Waals surface area contributed by atoms with E-state index in [-0.39, 0.29) is 12.5 Å². The predicted molar refractivity (Wildman–Crippen MR) is 101 cm³/mol. The van der Waals surface area contributed by atoms with E-state index < -0.39 is 0 Å². The summed E-state index contributed by atoms with van der Waals surface area (Å²) in [6.45, 7) is 0.224. The van der Waals surface area contributed by atoms with Crippen LogP contribution in [0.15, 0.2) is 59.1 Å². The quantitative estimate of drug-likeness (QED) is 0.656. The molecule has 0 saturated carbocycles. The molecule has 0 aliphatic carbocycles. The average Bonchev–Trinajstić information content (AvgIpc) is 3.17. The summed E-state index contributed by atoms with van der Waals surface area (Å²) in [7, 11) is 1.64. The van der Waals surface area contributed by atoms with Gasteiger partial charge in [0.2, 0.25) is 17.6 Å². The van der Waals surface area contributed by atoms with Crippen molar-refractivity contribution in [2.45, 2.75) is 12.3 Å². The third-order valence-electron chi connectivity index (χ3n) is 3.60. The molecule has 6 nitrogen and oxygen atoms in total. The SMILES string of the molecule is COc1ccc(CSCC(=O)NCc2nc(-c3ccccc3)no2)cc1. The number of carbonyl (C=O) groups excluding carboxylic acids is 1. The van der Waals surface area contributed by atoms with E-state index in [0.717, 1.165) is 22.6 Å². The number of nitrogens with one attached hydrogen (secondary N) is 1. The molecule has 1 aromatic heterocycles. The van der Waals surface area contributed by atoms with E-state index >= 15 is 0 Å². The molecule has 1 heterocycles. The zero-order valence-electron chi connectivity index (χ0n) is 14.3. The second kappa shape index (κ2) is 9.05. The van der Waals surface area contributed by atoms with Gasteiger partial charge < -0.3 is 14.6 Å². The van der Waals surface area contributed by atoms with Crippen LogP contribution in [0.1, 0.15) is 11.5 Å². The number of thioether (sulfide) groups is 1. The van der Waals surface area contributed by atoms with Gasteiger partial charge in [0, 0.05) is 11.3 Å². The number of rotatable bonds is 8. The van der Waals surface area contributed by atoms with Gasteiger partial charge in [-0.2, -0.15) is 4.98 Å². The molecule has 0 atom stereocenters. The number of nitrogens with zero attached hydrogens (tertiary/aromatic N) is 2. The van der Waals surface area contributed by atoms with Gasteiger partial charge in [-0.1, -0.05) is 47.6 Å². The largest absolute Gasteiger partial charge is 0.497 e. The van der Waals surface area contributed by atoms with Crippen molar-refractivity contribution in [3.8, 4) is 17.1 Å². The van der Waals surface area contributed by atoms with Crippen LogP contribution in [-0.4, -0.2) is 28.9 Å². The van der Waals surface area contributed by atoms with Crippen molar-refractivity contribution in [2.24, 2.45) is 0 Å². The summed E-state index contributed by atoms with van der Waals surface area (Å²) < 4.78 is 10.3. The molecule has 3 aromatic rings. The van der Waals surface area contributed by atoms with E-state index in [4.69, 9.17) is 9.26 Å². The van der Waals surface area contributed by atoms with Gasteiger partial charge >= 0.3 is 0 Å². The van der Waals surface area contributed by atoms with Crippen molar-refractivity contribution >= 4 is 17.7 Å². The number of amides is 1. The molecule has 134 valence electrons. The highest BCUT2D eigenvalue weighted by Gasteiger charge is 2.09. The molecule has 0 saturated heterocycles. The molecule has 3 rings (SSSR count). The zero-order valence-corrected chi connectivity index (χ0v) is 15.2. The number of ether oxygens (including phenoxy) is 1. The van der Waals surface area contributed by atoms with Crippen molar-refractivity contribution < 1.29 is 14.1 Å². The summed E-state index contributed by atoms with van der Waals surface area (Å²) in [6, 6.07) is 17.4. The van der Waals surface area contributed by atoms with Crippen LogP contribution in [0.4, 0.5) is 0 Å². The predicted octanol–water partition coefficient (Wildman–Crippen LogP) is 3.29. The van der Waals surface area contributed by atoms with Crippen LogP contribution in [0.3, 0.4) is 0 Å². The van der Waals surface area contributed by atoms with Crippen LogP contribution in [0, 0.1) is 0 Å². The second-order valence-corrected chi connectivity index (χ2v) is 6.48. The van der Waals surface area contributed by atoms with Crippen molar-refractivity contribution in [1.29, 1.82) is 0 Å². The van der Waals surface area contributed by atoms with Crippen LogP contribution >= 0.6 is 11.8 Å². The number of methoxy groups -OCH3 is 1. The topological polar surface area (TPSA) is 77.2 Å². The van der Waals surface area contributed by atoms with Crippen molar-refractivity contribution in [3.63, 3.8) is 0 Å². The smallest absolute Gasteiger partial charge is 0.246 e. The Morgan fingerprint density at radius 3 is 2.65 bits per heavy atom. The fourth-order valence-corrected chi connectivity index (χ4v) is 3.06. The molecule has 0 unspecified atom stereocenters. The molecule has 7 heteroatoms. The van der Waals surface area contributed by atoms with Crippen molar-refractivity contribution in [1.82, 2.24) is 15.5 Å².